The maximum Gasteiger partial charge on any atom is 0.320 e. The molecule has 0 spiro atoms. The molecular weight excluding hydrogens is 134 g/mol. The van der Waals surface area contributed by atoms with Crippen molar-refractivity contribution >= 4 is 5.97 Å². The summed E-state index contributed by atoms with van der Waals surface area (Å²) in [4.78, 5) is 10.2. The Hall–Kier alpha value is -0.610. The first-order valence-electron chi connectivity index (χ1n) is 3.26. The van der Waals surface area contributed by atoms with E-state index >= 15 is 0 Å². The van der Waals surface area contributed by atoms with E-state index in [2.05, 4.69) is 0 Å². The Morgan fingerprint density at radius 1 is 1.80 bits per heavy atom. The van der Waals surface area contributed by atoms with Crippen LogP contribution < -0.4 is 5.73 Å². The second kappa shape index (κ2) is 2.56. The number of rotatable bonds is 3. The number of carbonyl (C=O) groups is 1. The fourth-order valence-electron chi connectivity index (χ4n) is 1.10. The summed E-state index contributed by atoms with van der Waals surface area (Å²) in [5, 5.41) is 17.0. The monoisotopic (exact) mass is 145 g/mol. The fraction of sp³-hybridized carbons (Fsp3) is 0.833. The average molecular weight is 145 g/mol. The zero-order valence-electron chi connectivity index (χ0n) is 5.53. The number of aliphatic hydroxyl groups is 1. The van der Waals surface area contributed by atoms with Crippen LogP contribution in [0.5, 0.6) is 0 Å². The molecule has 1 aliphatic rings. The molecule has 0 aromatic rings. The van der Waals surface area contributed by atoms with Gasteiger partial charge in [-0.05, 0) is 18.3 Å². The van der Waals surface area contributed by atoms with Crippen molar-refractivity contribution in [3.63, 3.8) is 0 Å². The van der Waals surface area contributed by atoms with Crippen molar-refractivity contribution in [3.05, 3.63) is 0 Å². The Morgan fingerprint density at radius 2 is 2.40 bits per heavy atom. The minimum Gasteiger partial charge on any atom is -0.480 e. The van der Waals surface area contributed by atoms with Gasteiger partial charge in [-0.3, -0.25) is 4.79 Å². The fourth-order valence-corrected chi connectivity index (χ4v) is 1.10. The second-order valence-corrected chi connectivity index (χ2v) is 2.71. The molecule has 0 aromatic heterocycles. The van der Waals surface area contributed by atoms with Crippen LogP contribution in [0.3, 0.4) is 0 Å². The molecule has 3 atom stereocenters. The van der Waals surface area contributed by atoms with Crippen molar-refractivity contribution in [3.8, 4) is 0 Å². The minimum atomic E-state index is -0.971. The number of carboxylic acid groups (broad SMARTS) is 1. The van der Waals surface area contributed by atoms with Crippen LogP contribution in [-0.2, 0) is 4.79 Å². The normalized spacial score (nSPS) is 33.4. The Kier molecular flexibility index (Phi) is 1.92. The van der Waals surface area contributed by atoms with E-state index in [0.29, 0.717) is 0 Å². The van der Waals surface area contributed by atoms with Gasteiger partial charge in [-0.25, -0.2) is 0 Å². The highest BCUT2D eigenvalue weighted by Gasteiger charge is 2.43. The van der Waals surface area contributed by atoms with Gasteiger partial charge in [0.05, 0.1) is 0 Å². The maximum atomic E-state index is 10.2. The molecule has 10 heavy (non-hydrogen) atoms. The van der Waals surface area contributed by atoms with E-state index < -0.39 is 12.0 Å². The van der Waals surface area contributed by atoms with Gasteiger partial charge in [-0.15, -0.1) is 0 Å². The van der Waals surface area contributed by atoms with Crippen LogP contribution >= 0.6 is 0 Å². The van der Waals surface area contributed by atoms with E-state index in [1.165, 1.54) is 0 Å². The lowest BCUT2D eigenvalue weighted by Gasteiger charge is -2.02. The lowest BCUT2D eigenvalue weighted by atomic mass is 10.2. The molecule has 1 unspecified atom stereocenters. The lowest BCUT2D eigenvalue weighted by Crippen LogP contribution is -2.33. The predicted molar refractivity (Wildman–Crippen MR) is 34.3 cm³/mol. The molecule has 4 heteroatoms. The second-order valence-electron chi connectivity index (χ2n) is 2.71. The number of hydrogen-bond acceptors (Lipinski definition) is 3. The standard InChI is InChI=1S/C6H11NO3/c7-5(6(9)10)4-1-3(4)2-8/h3-5,8H,1-2,7H2,(H,9,10)/t3-,4-,5?/m0/s1. The van der Waals surface area contributed by atoms with E-state index in [1.807, 2.05) is 0 Å². The van der Waals surface area contributed by atoms with Gasteiger partial charge < -0.3 is 15.9 Å². The number of carboxylic acids is 1. The molecule has 0 saturated heterocycles. The van der Waals surface area contributed by atoms with Crippen LogP contribution in [0.2, 0.25) is 0 Å². The zero-order chi connectivity index (χ0) is 7.72. The first-order chi connectivity index (χ1) is 4.66. The molecule has 1 fully saturated rings. The van der Waals surface area contributed by atoms with E-state index in [1.54, 1.807) is 0 Å². The van der Waals surface area contributed by atoms with Gasteiger partial charge in [0.1, 0.15) is 6.04 Å². The first-order valence-corrected chi connectivity index (χ1v) is 3.26. The Balaban J connectivity index is 2.32. The van der Waals surface area contributed by atoms with Crippen LogP contribution in [0.4, 0.5) is 0 Å². The van der Waals surface area contributed by atoms with Gasteiger partial charge in [0.25, 0.3) is 0 Å². The summed E-state index contributed by atoms with van der Waals surface area (Å²) < 4.78 is 0. The molecular formula is C6H11NO3. The van der Waals surface area contributed by atoms with Crippen molar-refractivity contribution in [2.75, 3.05) is 6.61 Å². The van der Waals surface area contributed by atoms with Gasteiger partial charge in [-0.1, -0.05) is 0 Å². The van der Waals surface area contributed by atoms with E-state index in [4.69, 9.17) is 15.9 Å². The molecule has 1 aliphatic carbocycles. The van der Waals surface area contributed by atoms with Crippen molar-refractivity contribution in [2.24, 2.45) is 17.6 Å². The Morgan fingerprint density at radius 3 is 2.70 bits per heavy atom. The summed E-state index contributed by atoms with van der Waals surface area (Å²) in [5.74, 6) is -0.838. The van der Waals surface area contributed by atoms with Crippen LogP contribution in [-0.4, -0.2) is 28.8 Å². The molecule has 0 radical (unpaired) electrons. The van der Waals surface area contributed by atoms with Crippen molar-refractivity contribution in [1.82, 2.24) is 0 Å². The Labute approximate surface area is 58.6 Å². The van der Waals surface area contributed by atoms with Crippen molar-refractivity contribution in [1.29, 1.82) is 0 Å². The number of aliphatic carboxylic acids is 1. The van der Waals surface area contributed by atoms with Gasteiger partial charge in [0.15, 0.2) is 0 Å². The third kappa shape index (κ3) is 1.27. The third-order valence-corrected chi connectivity index (χ3v) is 1.96. The van der Waals surface area contributed by atoms with Gasteiger partial charge in [-0.2, -0.15) is 0 Å². The molecule has 0 aromatic carbocycles. The molecule has 0 amide bonds. The molecule has 1 rings (SSSR count). The van der Waals surface area contributed by atoms with Crippen LogP contribution in [0, 0.1) is 11.8 Å². The van der Waals surface area contributed by atoms with Gasteiger partial charge in [0.2, 0.25) is 0 Å². The molecule has 4 nitrogen and oxygen atoms in total. The Bertz CT molecular complexity index is 148. The minimum absolute atomic E-state index is 0.00231. The number of nitrogens with two attached hydrogens (primary N) is 1. The highest BCUT2D eigenvalue weighted by molar-refractivity contribution is 5.74. The van der Waals surface area contributed by atoms with E-state index in [9.17, 15) is 4.79 Å². The summed E-state index contributed by atoms with van der Waals surface area (Å²) in [7, 11) is 0. The summed E-state index contributed by atoms with van der Waals surface area (Å²) >= 11 is 0. The molecule has 0 aliphatic heterocycles. The van der Waals surface area contributed by atoms with E-state index in [-0.39, 0.29) is 18.4 Å². The maximum absolute atomic E-state index is 10.2. The van der Waals surface area contributed by atoms with Crippen LogP contribution in [0.15, 0.2) is 0 Å². The largest absolute Gasteiger partial charge is 0.480 e. The molecule has 0 heterocycles. The van der Waals surface area contributed by atoms with Crippen molar-refractivity contribution in [2.45, 2.75) is 12.5 Å². The molecule has 0 bridgehead atoms. The van der Waals surface area contributed by atoms with Crippen LogP contribution in [0.25, 0.3) is 0 Å². The molecule has 4 N–H and O–H groups in total. The topological polar surface area (TPSA) is 83.6 Å². The molecule has 1 saturated carbocycles. The third-order valence-electron chi connectivity index (χ3n) is 1.96. The van der Waals surface area contributed by atoms with Crippen molar-refractivity contribution < 1.29 is 15.0 Å². The highest BCUT2D eigenvalue weighted by atomic mass is 16.4. The highest BCUT2D eigenvalue weighted by Crippen LogP contribution is 2.39. The smallest absolute Gasteiger partial charge is 0.320 e. The van der Waals surface area contributed by atoms with Gasteiger partial charge >= 0.3 is 5.97 Å². The summed E-state index contributed by atoms with van der Waals surface area (Å²) in [6.45, 7) is 0.0612. The summed E-state index contributed by atoms with van der Waals surface area (Å²) in [5.41, 5.74) is 5.28. The number of aliphatic hydroxyl groups excluding tert-OH is 1. The first kappa shape index (κ1) is 7.50. The lowest BCUT2D eigenvalue weighted by molar-refractivity contribution is -0.139. The summed E-state index contributed by atoms with van der Waals surface area (Å²) in [6.07, 6.45) is 0.754. The van der Waals surface area contributed by atoms with Crippen LogP contribution in [0.1, 0.15) is 6.42 Å². The average Bonchev–Trinajstić information content (AvgIpc) is 2.64. The zero-order valence-corrected chi connectivity index (χ0v) is 5.53. The quantitative estimate of drug-likeness (QED) is 0.477. The van der Waals surface area contributed by atoms with Gasteiger partial charge in [0, 0.05) is 6.61 Å². The molecule has 58 valence electrons. The predicted octanol–water partition coefficient (Wildman–Crippen LogP) is -0.973. The number of hydrogen-bond donors (Lipinski definition) is 3. The summed E-state index contributed by atoms with van der Waals surface area (Å²) in [6, 6.07) is -0.780. The van der Waals surface area contributed by atoms with E-state index in [0.717, 1.165) is 6.42 Å². The SMILES string of the molecule is NC(C(=O)O)[C@H]1C[C@H]1CO.